The molecule has 1 unspecified atom stereocenters. The Bertz CT molecular complexity index is 487. The second kappa shape index (κ2) is 2.66. The van der Waals surface area contributed by atoms with E-state index in [4.69, 9.17) is 4.74 Å². The van der Waals surface area contributed by atoms with Gasteiger partial charge in [-0.3, -0.25) is 4.79 Å². The topological polar surface area (TPSA) is 41.6 Å². The lowest BCUT2D eigenvalue weighted by molar-refractivity contribution is -0.119. The van der Waals surface area contributed by atoms with Crippen LogP contribution in [0.1, 0.15) is 31.9 Å². The van der Waals surface area contributed by atoms with E-state index in [1.807, 2.05) is 26.0 Å². The Balaban J connectivity index is 2.13. The van der Waals surface area contributed by atoms with Crippen molar-refractivity contribution in [1.29, 1.82) is 0 Å². The minimum Gasteiger partial charge on any atom is -0.365 e. The summed E-state index contributed by atoms with van der Waals surface area (Å²) >= 11 is 0. The van der Waals surface area contributed by atoms with Crippen molar-refractivity contribution in [3.63, 3.8) is 0 Å². The summed E-state index contributed by atoms with van der Waals surface area (Å²) in [6.45, 7) is 6.75. The molecule has 0 saturated carbocycles. The predicted molar refractivity (Wildman–Crippen MR) is 61.4 cm³/mol. The number of carbonyl (C=O) groups is 1. The zero-order valence-corrected chi connectivity index (χ0v) is 9.76. The number of benzene rings is 1. The minimum absolute atomic E-state index is 0.0709. The van der Waals surface area contributed by atoms with Gasteiger partial charge in [0.25, 0.3) is 0 Å². The molecular weight excluding hydrogens is 202 g/mol. The Labute approximate surface area is 94.8 Å². The van der Waals surface area contributed by atoms with Crippen molar-refractivity contribution in [3.8, 4) is 0 Å². The van der Waals surface area contributed by atoms with Gasteiger partial charge in [0.05, 0.1) is 12.0 Å². The maximum Gasteiger partial charge on any atom is 0.234 e. The molecule has 16 heavy (non-hydrogen) atoms. The normalized spacial score (nSPS) is 29.8. The van der Waals surface area contributed by atoms with Crippen molar-refractivity contribution in [3.05, 3.63) is 29.3 Å². The zero-order chi connectivity index (χ0) is 11.6. The molecule has 0 radical (unpaired) electrons. The molecule has 0 aliphatic carbocycles. The van der Waals surface area contributed by atoms with Gasteiger partial charge >= 0.3 is 0 Å². The number of nitrogens with one attached hydrogen (secondary N) is 1. The first-order chi connectivity index (χ1) is 7.43. The van der Waals surface area contributed by atoms with Crippen LogP contribution in [0.5, 0.6) is 0 Å². The van der Waals surface area contributed by atoms with E-state index in [9.17, 15) is 4.79 Å². The molecule has 1 aromatic carbocycles. The summed E-state index contributed by atoms with van der Waals surface area (Å²) < 4.78 is 5.43. The monoisotopic (exact) mass is 217 g/mol. The van der Waals surface area contributed by atoms with E-state index >= 15 is 0 Å². The van der Waals surface area contributed by atoms with Crippen molar-refractivity contribution in [2.45, 2.75) is 31.8 Å². The molecule has 0 aromatic heterocycles. The van der Waals surface area contributed by atoms with Crippen LogP contribution in [0.15, 0.2) is 18.2 Å². The molecule has 1 fully saturated rings. The van der Waals surface area contributed by atoms with Gasteiger partial charge in [0.1, 0.15) is 5.60 Å². The molecule has 3 heteroatoms. The predicted octanol–water partition coefficient (Wildman–Crippen LogP) is 2.16. The molecule has 84 valence electrons. The van der Waals surface area contributed by atoms with Gasteiger partial charge < -0.3 is 10.1 Å². The lowest BCUT2D eigenvalue weighted by atomic mass is 9.84. The second-order valence-corrected chi connectivity index (χ2v) is 5.36. The van der Waals surface area contributed by atoms with E-state index in [0.29, 0.717) is 0 Å². The molecule has 1 amide bonds. The molecule has 0 bridgehead atoms. The Morgan fingerprint density at radius 2 is 2.00 bits per heavy atom. The number of epoxide rings is 1. The summed E-state index contributed by atoms with van der Waals surface area (Å²) in [5.74, 6) is 0.0709. The molecule has 3 rings (SSSR count). The van der Waals surface area contributed by atoms with E-state index in [0.717, 1.165) is 23.4 Å². The van der Waals surface area contributed by atoms with E-state index in [2.05, 4.69) is 18.3 Å². The van der Waals surface area contributed by atoms with Crippen molar-refractivity contribution in [1.82, 2.24) is 0 Å². The van der Waals surface area contributed by atoms with Crippen LogP contribution in [0, 0.1) is 0 Å². The first-order valence-electron chi connectivity index (χ1n) is 5.54. The Morgan fingerprint density at radius 3 is 2.62 bits per heavy atom. The molecule has 1 aromatic rings. The minimum atomic E-state index is -0.434. The molecule has 1 saturated heterocycles. The summed E-state index contributed by atoms with van der Waals surface area (Å²) in [7, 11) is 0. The number of hydrogen-bond acceptors (Lipinski definition) is 2. The summed E-state index contributed by atoms with van der Waals surface area (Å²) in [6, 6.07) is 6.11. The fraction of sp³-hybridized carbons (Fsp3) is 0.462. The Kier molecular flexibility index (Phi) is 1.64. The van der Waals surface area contributed by atoms with E-state index in [1.54, 1.807) is 0 Å². The van der Waals surface area contributed by atoms with Gasteiger partial charge in [-0.2, -0.15) is 0 Å². The maximum atomic E-state index is 11.8. The first-order valence-corrected chi connectivity index (χ1v) is 5.54. The summed E-state index contributed by atoms with van der Waals surface area (Å²) in [4.78, 5) is 11.8. The lowest BCUT2D eigenvalue weighted by Gasteiger charge is -2.16. The first kappa shape index (κ1) is 9.85. The molecule has 2 aliphatic rings. The fourth-order valence-electron chi connectivity index (χ4n) is 2.18. The Hall–Kier alpha value is -1.35. The molecule has 1 atom stereocenters. The van der Waals surface area contributed by atoms with E-state index in [-0.39, 0.29) is 11.5 Å². The highest BCUT2D eigenvalue weighted by Gasteiger charge is 2.44. The number of ether oxygens (including phenoxy) is 1. The third-order valence-electron chi connectivity index (χ3n) is 3.70. The zero-order valence-electron chi connectivity index (χ0n) is 9.76. The van der Waals surface area contributed by atoms with Crippen molar-refractivity contribution in [2.75, 3.05) is 11.9 Å². The van der Waals surface area contributed by atoms with Gasteiger partial charge in [-0.05, 0) is 44.0 Å². The maximum absolute atomic E-state index is 11.8. The summed E-state index contributed by atoms with van der Waals surface area (Å²) in [6.07, 6.45) is 0. The SMILES string of the molecule is CC1(c2ccc3c(c2)C(C)(C)C(=O)N3)CO1. The van der Waals surface area contributed by atoms with Gasteiger partial charge in [0.15, 0.2) is 0 Å². The van der Waals surface area contributed by atoms with Crippen LogP contribution in [0.25, 0.3) is 0 Å². The second-order valence-electron chi connectivity index (χ2n) is 5.36. The van der Waals surface area contributed by atoms with Crippen LogP contribution in [0.4, 0.5) is 5.69 Å². The van der Waals surface area contributed by atoms with Crippen molar-refractivity contribution < 1.29 is 9.53 Å². The molecule has 1 N–H and O–H groups in total. The standard InChI is InChI=1S/C13H15NO2/c1-12(2)9-6-8(13(3)7-16-13)4-5-10(9)14-11(12)15/h4-6H,7H2,1-3H3,(H,14,15). The van der Waals surface area contributed by atoms with Crippen LogP contribution in [-0.4, -0.2) is 12.5 Å². The van der Waals surface area contributed by atoms with Crippen LogP contribution in [0.3, 0.4) is 0 Å². The number of carbonyl (C=O) groups excluding carboxylic acids is 1. The number of rotatable bonds is 1. The van der Waals surface area contributed by atoms with Crippen LogP contribution >= 0.6 is 0 Å². The third-order valence-corrected chi connectivity index (χ3v) is 3.70. The van der Waals surface area contributed by atoms with Gasteiger partial charge in [-0.1, -0.05) is 6.07 Å². The van der Waals surface area contributed by atoms with Gasteiger partial charge in [-0.25, -0.2) is 0 Å². The number of anilines is 1. The van der Waals surface area contributed by atoms with Crippen LogP contribution in [-0.2, 0) is 20.5 Å². The molecule has 0 spiro atoms. The number of hydrogen-bond donors (Lipinski definition) is 1. The highest BCUT2D eigenvalue weighted by molar-refractivity contribution is 6.05. The van der Waals surface area contributed by atoms with Crippen LogP contribution < -0.4 is 5.32 Å². The average molecular weight is 217 g/mol. The molecule has 2 heterocycles. The fourth-order valence-corrected chi connectivity index (χ4v) is 2.18. The smallest absolute Gasteiger partial charge is 0.234 e. The van der Waals surface area contributed by atoms with Gasteiger partial charge in [0, 0.05) is 5.69 Å². The highest BCUT2D eigenvalue weighted by atomic mass is 16.6. The molecule has 2 aliphatic heterocycles. The van der Waals surface area contributed by atoms with Gasteiger partial charge in [0.2, 0.25) is 5.91 Å². The molecule has 3 nitrogen and oxygen atoms in total. The molecular formula is C13H15NO2. The van der Waals surface area contributed by atoms with Crippen molar-refractivity contribution >= 4 is 11.6 Å². The van der Waals surface area contributed by atoms with Crippen molar-refractivity contribution in [2.24, 2.45) is 0 Å². The largest absolute Gasteiger partial charge is 0.365 e. The lowest BCUT2D eigenvalue weighted by Crippen LogP contribution is -2.27. The third kappa shape index (κ3) is 1.15. The Morgan fingerprint density at radius 1 is 1.31 bits per heavy atom. The highest BCUT2D eigenvalue weighted by Crippen LogP contribution is 2.43. The number of amides is 1. The van der Waals surface area contributed by atoms with E-state index in [1.165, 1.54) is 0 Å². The number of fused-ring (bicyclic) bond motifs is 1. The van der Waals surface area contributed by atoms with E-state index < -0.39 is 5.41 Å². The quantitative estimate of drug-likeness (QED) is 0.732. The average Bonchev–Trinajstić information content (AvgIpc) is 2.92. The van der Waals surface area contributed by atoms with Gasteiger partial charge in [-0.15, -0.1) is 0 Å². The summed E-state index contributed by atoms with van der Waals surface area (Å²) in [5.41, 5.74) is 2.61. The summed E-state index contributed by atoms with van der Waals surface area (Å²) in [5, 5.41) is 2.91. The van der Waals surface area contributed by atoms with Crippen LogP contribution in [0.2, 0.25) is 0 Å².